The summed E-state index contributed by atoms with van der Waals surface area (Å²) < 4.78 is 0. The van der Waals surface area contributed by atoms with Gasteiger partial charge in [-0.2, -0.15) is 5.12 Å². The molecule has 2 aromatic carbocycles. The summed E-state index contributed by atoms with van der Waals surface area (Å²) in [5.74, 6) is 4.53. The average Bonchev–Trinajstić information content (AvgIpc) is 2.51. The first-order valence-electron chi connectivity index (χ1n) is 6.55. The SMILES string of the molecule is Cc1ccc(C(=O)NNN(N)C(=O)c2cc(Cl)cc(Cl)c2)cc1. The predicted octanol–water partition coefficient (Wildman–Crippen LogP) is 2.47. The van der Waals surface area contributed by atoms with Crippen molar-refractivity contribution in [2.45, 2.75) is 6.92 Å². The summed E-state index contributed by atoms with van der Waals surface area (Å²) in [6.45, 7) is 1.91. The van der Waals surface area contributed by atoms with Crippen molar-refractivity contribution < 1.29 is 9.59 Å². The highest BCUT2D eigenvalue weighted by Crippen LogP contribution is 2.19. The van der Waals surface area contributed by atoms with E-state index in [-0.39, 0.29) is 5.56 Å². The number of nitrogens with two attached hydrogens (primary N) is 1. The van der Waals surface area contributed by atoms with Crippen molar-refractivity contribution in [3.63, 3.8) is 0 Å². The third kappa shape index (κ3) is 4.67. The minimum Gasteiger partial charge on any atom is -0.268 e. The monoisotopic (exact) mass is 352 g/mol. The smallest absolute Gasteiger partial charge is 0.268 e. The zero-order valence-corrected chi connectivity index (χ0v) is 13.7. The highest BCUT2D eigenvalue weighted by Gasteiger charge is 2.15. The Morgan fingerprint density at radius 1 is 1.00 bits per heavy atom. The lowest BCUT2D eigenvalue weighted by Gasteiger charge is -2.18. The van der Waals surface area contributed by atoms with Crippen molar-refractivity contribution >= 4 is 35.0 Å². The Hall–Kier alpha value is -2.12. The van der Waals surface area contributed by atoms with Crippen molar-refractivity contribution in [2.75, 3.05) is 0 Å². The molecule has 0 heterocycles. The summed E-state index contributed by atoms with van der Waals surface area (Å²) in [6, 6.07) is 11.2. The van der Waals surface area contributed by atoms with Gasteiger partial charge in [0.1, 0.15) is 0 Å². The van der Waals surface area contributed by atoms with Crippen molar-refractivity contribution in [3.05, 3.63) is 69.2 Å². The van der Waals surface area contributed by atoms with Gasteiger partial charge in [0.15, 0.2) is 0 Å². The summed E-state index contributed by atoms with van der Waals surface area (Å²) in [5, 5.41) is 1.24. The summed E-state index contributed by atoms with van der Waals surface area (Å²) in [7, 11) is 0. The molecular formula is C15H14Cl2N4O2. The molecular weight excluding hydrogens is 339 g/mol. The van der Waals surface area contributed by atoms with E-state index in [9.17, 15) is 9.59 Å². The van der Waals surface area contributed by atoms with Crippen LogP contribution in [-0.4, -0.2) is 16.9 Å². The van der Waals surface area contributed by atoms with Crippen LogP contribution in [-0.2, 0) is 0 Å². The second-order valence-electron chi connectivity index (χ2n) is 4.77. The topological polar surface area (TPSA) is 87.5 Å². The van der Waals surface area contributed by atoms with E-state index >= 15 is 0 Å². The number of rotatable bonds is 4. The number of carbonyl (C=O) groups excluding carboxylic acids is 2. The molecule has 0 fully saturated rings. The van der Waals surface area contributed by atoms with Gasteiger partial charge in [-0.05, 0) is 37.3 Å². The van der Waals surface area contributed by atoms with E-state index in [1.165, 1.54) is 18.2 Å². The molecule has 0 saturated heterocycles. The van der Waals surface area contributed by atoms with Gasteiger partial charge in [0.05, 0.1) is 0 Å². The summed E-state index contributed by atoms with van der Waals surface area (Å²) in [6.07, 6.45) is 0. The maximum atomic E-state index is 12.1. The van der Waals surface area contributed by atoms with Gasteiger partial charge < -0.3 is 0 Å². The Labute approximate surface area is 143 Å². The van der Waals surface area contributed by atoms with E-state index in [2.05, 4.69) is 11.0 Å². The molecule has 4 N–H and O–H groups in total. The number of benzene rings is 2. The third-order valence-corrected chi connectivity index (χ3v) is 3.37. The highest BCUT2D eigenvalue weighted by molar-refractivity contribution is 6.35. The molecule has 2 amide bonds. The van der Waals surface area contributed by atoms with Crippen LogP contribution >= 0.6 is 23.2 Å². The van der Waals surface area contributed by atoms with E-state index in [0.29, 0.717) is 20.7 Å². The van der Waals surface area contributed by atoms with Crippen molar-refractivity contribution in [1.82, 2.24) is 16.1 Å². The van der Waals surface area contributed by atoms with E-state index in [1.807, 2.05) is 6.92 Å². The number of carbonyl (C=O) groups is 2. The number of halogens is 2. The molecule has 0 atom stereocenters. The van der Waals surface area contributed by atoms with Gasteiger partial charge in [0.2, 0.25) is 0 Å². The Morgan fingerprint density at radius 2 is 1.57 bits per heavy atom. The Bertz CT molecular complexity index is 715. The summed E-state index contributed by atoms with van der Waals surface area (Å²) in [5.41, 5.74) is 6.27. The van der Waals surface area contributed by atoms with Crippen LogP contribution in [0.3, 0.4) is 0 Å². The van der Waals surface area contributed by atoms with Gasteiger partial charge in [-0.15, -0.1) is 5.53 Å². The van der Waals surface area contributed by atoms with Crippen LogP contribution in [0.25, 0.3) is 0 Å². The lowest BCUT2D eigenvalue weighted by Crippen LogP contribution is -2.55. The molecule has 0 radical (unpaired) electrons. The number of amides is 2. The van der Waals surface area contributed by atoms with Crippen molar-refractivity contribution in [3.8, 4) is 0 Å². The maximum Gasteiger partial charge on any atom is 0.284 e. The summed E-state index contributed by atoms with van der Waals surface area (Å²) >= 11 is 11.7. The zero-order chi connectivity index (χ0) is 17.0. The molecule has 0 unspecified atom stereocenters. The Kier molecular flexibility index (Phi) is 5.57. The molecule has 0 aliphatic rings. The van der Waals surface area contributed by atoms with E-state index in [0.717, 1.165) is 5.56 Å². The van der Waals surface area contributed by atoms with Gasteiger partial charge in [-0.1, -0.05) is 40.9 Å². The van der Waals surface area contributed by atoms with E-state index < -0.39 is 11.8 Å². The molecule has 2 rings (SSSR count). The fraction of sp³-hybridized carbons (Fsp3) is 0.0667. The molecule has 0 aliphatic carbocycles. The fourth-order valence-corrected chi connectivity index (χ4v) is 2.28. The zero-order valence-electron chi connectivity index (χ0n) is 12.1. The Morgan fingerprint density at radius 3 is 2.13 bits per heavy atom. The number of hydrogen-bond donors (Lipinski definition) is 3. The standard InChI is InChI=1S/C15H14Cl2N4O2/c1-9-2-4-10(5-3-9)14(22)19-20-21(18)15(23)11-6-12(16)8-13(17)7-11/h2-8,20H,18H2,1H3,(H,19,22). The largest absolute Gasteiger partial charge is 0.284 e. The molecule has 0 aliphatic heterocycles. The number of nitrogens with one attached hydrogen (secondary N) is 2. The second-order valence-corrected chi connectivity index (χ2v) is 5.64. The van der Waals surface area contributed by atoms with E-state index in [1.54, 1.807) is 24.3 Å². The molecule has 2 aromatic rings. The van der Waals surface area contributed by atoms with Crippen LogP contribution in [0.5, 0.6) is 0 Å². The van der Waals surface area contributed by atoms with Crippen LogP contribution < -0.4 is 16.8 Å². The van der Waals surface area contributed by atoms with Crippen LogP contribution in [0.2, 0.25) is 10.0 Å². The quantitative estimate of drug-likeness (QED) is 0.448. The first-order chi connectivity index (χ1) is 10.9. The second kappa shape index (κ2) is 7.43. The minimum atomic E-state index is -0.612. The first kappa shape index (κ1) is 17.2. The number of aryl methyl sites for hydroxylation is 1. The minimum absolute atomic E-state index is 0.182. The van der Waals surface area contributed by atoms with Gasteiger partial charge in [-0.3, -0.25) is 15.0 Å². The average molecular weight is 353 g/mol. The van der Waals surface area contributed by atoms with Gasteiger partial charge in [-0.25, -0.2) is 5.84 Å². The fourth-order valence-electron chi connectivity index (χ4n) is 1.76. The molecule has 0 spiro atoms. The molecule has 0 bridgehead atoms. The van der Waals surface area contributed by atoms with Crippen LogP contribution in [0.1, 0.15) is 26.3 Å². The number of nitrogens with zero attached hydrogens (tertiary/aromatic N) is 1. The predicted molar refractivity (Wildman–Crippen MR) is 88.6 cm³/mol. The molecule has 120 valence electrons. The van der Waals surface area contributed by atoms with Crippen LogP contribution in [0.15, 0.2) is 42.5 Å². The first-order valence-corrected chi connectivity index (χ1v) is 7.30. The summed E-state index contributed by atoms with van der Waals surface area (Å²) in [4.78, 5) is 24.0. The maximum absolute atomic E-state index is 12.1. The lowest BCUT2D eigenvalue weighted by atomic mass is 10.1. The molecule has 8 heteroatoms. The van der Waals surface area contributed by atoms with Crippen LogP contribution in [0.4, 0.5) is 0 Å². The third-order valence-electron chi connectivity index (χ3n) is 2.93. The molecule has 23 heavy (non-hydrogen) atoms. The van der Waals surface area contributed by atoms with Gasteiger partial charge in [0.25, 0.3) is 11.8 Å². The highest BCUT2D eigenvalue weighted by atomic mass is 35.5. The molecule has 0 aromatic heterocycles. The van der Waals surface area contributed by atoms with Gasteiger partial charge in [0, 0.05) is 21.2 Å². The molecule has 6 nitrogen and oxygen atoms in total. The van der Waals surface area contributed by atoms with Crippen molar-refractivity contribution in [2.24, 2.45) is 5.84 Å². The number of hydrogen-bond acceptors (Lipinski definition) is 4. The molecule has 0 saturated carbocycles. The normalized spacial score (nSPS) is 10.3. The van der Waals surface area contributed by atoms with Crippen molar-refractivity contribution in [1.29, 1.82) is 0 Å². The van der Waals surface area contributed by atoms with Gasteiger partial charge >= 0.3 is 0 Å². The lowest BCUT2D eigenvalue weighted by molar-refractivity contribution is 0.0580. The van der Waals surface area contributed by atoms with Crippen LogP contribution in [0, 0.1) is 6.92 Å². The Balaban J connectivity index is 1.98. The van der Waals surface area contributed by atoms with E-state index in [4.69, 9.17) is 29.0 Å². The number of hydrazine groups is 3.